The van der Waals surface area contributed by atoms with Gasteiger partial charge in [-0.05, 0) is 18.1 Å². The number of esters is 1. The van der Waals surface area contributed by atoms with Crippen LogP contribution in [-0.4, -0.2) is 25.5 Å². The Bertz CT molecular complexity index is 913. The van der Waals surface area contributed by atoms with Gasteiger partial charge >= 0.3 is 5.97 Å². The molecule has 1 amide bonds. The molecule has 5 heteroatoms. The van der Waals surface area contributed by atoms with Crippen molar-refractivity contribution in [2.45, 2.75) is 38.3 Å². The number of rotatable bonds is 5. The number of nitrogens with zero attached hydrogens (tertiary/aromatic N) is 1. The Morgan fingerprint density at radius 1 is 1.14 bits per heavy atom. The molecule has 4 atom stereocenters. The Hall–Kier alpha value is -2.66. The Kier molecular flexibility index (Phi) is 5.17. The van der Waals surface area contributed by atoms with Crippen molar-refractivity contribution in [2.75, 3.05) is 18.6 Å². The quantitative estimate of drug-likeness (QED) is 0.787. The minimum Gasteiger partial charge on any atom is -0.469 e. The smallest absolute Gasteiger partial charge is 0.310 e. The number of carbonyl (C=O) groups is 2. The van der Waals surface area contributed by atoms with Crippen LogP contribution in [0.5, 0.6) is 0 Å². The fourth-order valence-electron chi connectivity index (χ4n) is 5.05. The van der Waals surface area contributed by atoms with E-state index in [4.69, 9.17) is 4.74 Å². The molecule has 0 aliphatic carbocycles. The van der Waals surface area contributed by atoms with E-state index in [9.17, 15) is 9.59 Å². The van der Waals surface area contributed by atoms with E-state index in [0.717, 1.165) is 29.7 Å². The van der Waals surface area contributed by atoms with Crippen molar-refractivity contribution in [3.63, 3.8) is 0 Å². The third kappa shape index (κ3) is 2.87. The maximum Gasteiger partial charge on any atom is 0.310 e. The minimum absolute atomic E-state index is 0.0342. The van der Waals surface area contributed by atoms with Crippen LogP contribution >= 0.6 is 0 Å². The Balaban J connectivity index is 1.84. The molecule has 152 valence electrons. The van der Waals surface area contributed by atoms with Gasteiger partial charge in [0.15, 0.2) is 0 Å². The van der Waals surface area contributed by atoms with E-state index >= 15 is 0 Å². The maximum atomic E-state index is 13.8. The number of hydrogen-bond donors (Lipinski definition) is 1. The van der Waals surface area contributed by atoms with Crippen LogP contribution in [0.25, 0.3) is 0 Å². The number of amides is 1. The van der Waals surface area contributed by atoms with Crippen LogP contribution in [0.15, 0.2) is 54.6 Å². The first-order chi connectivity index (χ1) is 14.1. The fourth-order valence-corrected chi connectivity index (χ4v) is 5.05. The van der Waals surface area contributed by atoms with E-state index in [-0.39, 0.29) is 23.8 Å². The van der Waals surface area contributed by atoms with Crippen molar-refractivity contribution >= 4 is 17.6 Å². The van der Waals surface area contributed by atoms with E-state index in [2.05, 4.69) is 12.2 Å². The number of hydrogen-bond acceptors (Lipinski definition) is 4. The van der Waals surface area contributed by atoms with Gasteiger partial charge in [-0.25, -0.2) is 0 Å². The standard InChI is InChI=1S/C24H28N2O3/c1-4-5-15-26-19-14-10-9-13-18(19)24(23(26)28)16(2)20(22(27)29-3)21(25-24)17-11-7-6-8-12-17/h6-14,16,20-21,25H,4-5,15H2,1-3H3/t16-,20-,21-,24-/m0/s1. The van der Waals surface area contributed by atoms with Crippen molar-refractivity contribution in [3.05, 3.63) is 65.7 Å². The van der Waals surface area contributed by atoms with Gasteiger partial charge in [0.05, 0.1) is 13.0 Å². The number of anilines is 1. The Labute approximate surface area is 172 Å². The molecule has 0 aromatic heterocycles. The molecule has 2 aromatic rings. The second kappa shape index (κ2) is 7.64. The molecule has 0 unspecified atom stereocenters. The molecular formula is C24H28N2O3. The van der Waals surface area contributed by atoms with Crippen LogP contribution in [0.2, 0.25) is 0 Å². The predicted octanol–water partition coefficient (Wildman–Crippen LogP) is 3.80. The molecule has 4 rings (SSSR count). The number of nitrogens with one attached hydrogen (secondary N) is 1. The highest BCUT2D eigenvalue weighted by Crippen LogP contribution is 2.54. The van der Waals surface area contributed by atoms with E-state index in [1.165, 1.54) is 7.11 Å². The third-order valence-corrected chi connectivity index (χ3v) is 6.53. The van der Waals surface area contributed by atoms with Crippen LogP contribution in [-0.2, 0) is 19.9 Å². The molecule has 1 spiro atoms. The third-order valence-electron chi connectivity index (χ3n) is 6.53. The highest BCUT2D eigenvalue weighted by molar-refractivity contribution is 6.08. The first kappa shape index (κ1) is 19.6. The summed E-state index contributed by atoms with van der Waals surface area (Å²) in [6.45, 7) is 4.80. The monoisotopic (exact) mass is 392 g/mol. The van der Waals surface area contributed by atoms with Crippen LogP contribution in [0.3, 0.4) is 0 Å². The van der Waals surface area contributed by atoms with Crippen molar-refractivity contribution in [1.82, 2.24) is 5.32 Å². The number of para-hydroxylation sites is 1. The molecule has 2 aromatic carbocycles. The second-order valence-electron chi connectivity index (χ2n) is 8.01. The summed E-state index contributed by atoms with van der Waals surface area (Å²) in [4.78, 5) is 28.6. The molecule has 1 N–H and O–H groups in total. The van der Waals surface area contributed by atoms with Gasteiger partial charge in [0.25, 0.3) is 5.91 Å². The molecule has 29 heavy (non-hydrogen) atoms. The first-order valence-electron chi connectivity index (χ1n) is 10.4. The molecule has 0 radical (unpaired) electrons. The molecular weight excluding hydrogens is 364 g/mol. The number of carbonyl (C=O) groups excluding carboxylic acids is 2. The number of methoxy groups -OCH3 is 1. The topological polar surface area (TPSA) is 58.6 Å². The Morgan fingerprint density at radius 2 is 1.83 bits per heavy atom. The molecule has 2 heterocycles. The van der Waals surface area contributed by atoms with E-state index in [1.807, 2.05) is 66.4 Å². The second-order valence-corrected chi connectivity index (χ2v) is 8.01. The number of benzene rings is 2. The van der Waals surface area contributed by atoms with Gasteiger partial charge in [0, 0.05) is 29.8 Å². The zero-order valence-electron chi connectivity index (χ0n) is 17.2. The molecule has 1 fully saturated rings. The van der Waals surface area contributed by atoms with Crippen molar-refractivity contribution in [2.24, 2.45) is 11.8 Å². The normalized spacial score (nSPS) is 28.0. The van der Waals surface area contributed by atoms with Crippen molar-refractivity contribution in [3.8, 4) is 0 Å². The lowest BCUT2D eigenvalue weighted by Crippen LogP contribution is -2.51. The van der Waals surface area contributed by atoms with Crippen molar-refractivity contribution in [1.29, 1.82) is 0 Å². The summed E-state index contributed by atoms with van der Waals surface area (Å²) in [5, 5.41) is 3.62. The molecule has 2 aliphatic heterocycles. The summed E-state index contributed by atoms with van der Waals surface area (Å²) < 4.78 is 5.17. The summed E-state index contributed by atoms with van der Waals surface area (Å²) >= 11 is 0. The highest BCUT2D eigenvalue weighted by atomic mass is 16.5. The summed E-state index contributed by atoms with van der Waals surface area (Å²) in [6.07, 6.45) is 1.95. The lowest BCUT2D eigenvalue weighted by Gasteiger charge is -2.30. The maximum absolute atomic E-state index is 13.8. The number of unbranched alkanes of at least 4 members (excludes halogenated alkanes) is 1. The van der Waals surface area contributed by atoms with Gasteiger partial charge in [-0.2, -0.15) is 0 Å². The SMILES string of the molecule is CCCCN1C(=O)[C@@]2(N[C@@H](c3ccccc3)[C@@H](C(=O)OC)[C@@H]2C)c2ccccc21. The zero-order valence-corrected chi connectivity index (χ0v) is 17.2. The van der Waals surface area contributed by atoms with Gasteiger partial charge in [-0.3, -0.25) is 14.9 Å². The van der Waals surface area contributed by atoms with Gasteiger partial charge in [0.2, 0.25) is 0 Å². The minimum atomic E-state index is -0.927. The lowest BCUT2D eigenvalue weighted by atomic mass is 9.76. The number of ether oxygens (including phenoxy) is 1. The molecule has 1 saturated heterocycles. The first-order valence-corrected chi connectivity index (χ1v) is 10.4. The van der Waals surface area contributed by atoms with E-state index in [0.29, 0.717) is 6.54 Å². The molecule has 0 saturated carbocycles. The summed E-state index contributed by atoms with van der Waals surface area (Å²) in [5.41, 5.74) is 1.97. The summed E-state index contributed by atoms with van der Waals surface area (Å²) in [7, 11) is 1.42. The van der Waals surface area contributed by atoms with Crippen molar-refractivity contribution < 1.29 is 14.3 Å². The zero-order chi connectivity index (χ0) is 20.6. The average Bonchev–Trinajstić information content (AvgIpc) is 3.20. The van der Waals surface area contributed by atoms with Crippen LogP contribution < -0.4 is 10.2 Å². The molecule has 2 aliphatic rings. The van der Waals surface area contributed by atoms with Crippen LogP contribution in [0.4, 0.5) is 5.69 Å². The van der Waals surface area contributed by atoms with Crippen LogP contribution in [0, 0.1) is 11.8 Å². The predicted molar refractivity (Wildman–Crippen MR) is 112 cm³/mol. The Morgan fingerprint density at radius 3 is 2.52 bits per heavy atom. The van der Waals surface area contributed by atoms with Gasteiger partial charge < -0.3 is 9.64 Å². The van der Waals surface area contributed by atoms with Gasteiger partial charge in [-0.1, -0.05) is 68.8 Å². The fraction of sp³-hybridized carbons (Fsp3) is 0.417. The van der Waals surface area contributed by atoms with E-state index < -0.39 is 11.5 Å². The summed E-state index contributed by atoms with van der Waals surface area (Å²) in [6, 6.07) is 17.5. The highest BCUT2D eigenvalue weighted by Gasteiger charge is 2.63. The molecule has 5 nitrogen and oxygen atoms in total. The van der Waals surface area contributed by atoms with Gasteiger partial charge in [-0.15, -0.1) is 0 Å². The van der Waals surface area contributed by atoms with Gasteiger partial charge in [0.1, 0.15) is 5.54 Å². The van der Waals surface area contributed by atoms with Crippen LogP contribution in [0.1, 0.15) is 43.9 Å². The summed E-state index contributed by atoms with van der Waals surface area (Å²) in [5.74, 6) is -0.953. The average molecular weight is 392 g/mol. The lowest BCUT2D eigenvalue weighted by molar-refractivity contribution is -0.147. The largest absolute Gasteiger partial charge is 0.469 e. The number of fused-ring (bicyclic) bond motifs is 2. The van der Waals surface area contributed by atoms with E-state index in [1.54, 1.807) is 0 Å². The molecule has 0 bridgehead atoms.